The number of hydrogen-bond acceptors (Lipinski definition) is 5. The molecule has 0 N–H and O–H groups in total. The van der Waals surface area contributed by atoms with Gasteiger partial charge in [-0.25, -0.2) is 0 Å². The molecule has 2 fully saturated rings. The average molecular weight is 361 g/mol. The highest BCUT2D eigenvalue weighted by Gasteiger charge is 2.20. The van der Waals surface area contributed by atoms with Crippen LogP contribution in [0.4, 0.5) is 5.69 Å². The van der Waals surface area contributed by atoms with Crippen LogP contribution in [0.5, 0.6) is 5.75 Å². The van der Waals surface area contributed by atoms with Crippen LogP contribution in [0.2, 0.25) is 0 Å². The molecule has 0 atom stereocenters. The maximum atomic E-state index is 11.0. The summed E-state index contributed by atoms with van der Waals surface area (Å²) in [5.74, 6) is 1.27. The predicted octanol–water partition coefficient (Wildman–Crippen LogP) is 3.56. The second kappa shape index (κ2) is 9.88. The number of ether oxygens (including phenoxy) is 1. The molecule has 0 spiro atoms. The predicted molar refractivity (Wildman–Crippen MR) is 103 cm³/mol. The lowest BCUT2D eigenvalue weighted by molar-refractivity contribution is -0.385. The van der Waals surface area contributed by atoms with Crippen LogP contribution in [-0.4, -0.2) is 60.6 Å². The zero-order valence-corrected chi connectivity index (χ0v) is 15.6. The second-order valence-corrected chi connectivity index (χ2v) is 7.57. The maximum Gasteiger partial charge on any atom is 0.310 e. The summed E-state index contributed by atoms with van der Waals surface area (Å²) in [7, 11) is 0. The van der Waals surface area contributed by atoms with Crippen LogP contribution in [0.3, 0.4) is 0 Å². The van der Waals surface area contributed by atoms with E-state index in [-0.39, 0.29) is 10.6 Å². The van der Waals surface area contributed by atoms with Gasteiger partial charge in [-0.05, 0) is 44.3 Å². The Morgan fingerprint density at radius 2 is 1.73 bits per heavy atom. The molecule has 0 unspecified atom stereocenters. The summed E-state index contributed by atoms with van der Waals surface area (Å²) in [6.07, 6.45) is 8.25. The van der Waals surface area contributed by atoms with E-state index in [0.29, 0.717) is 12.4 Å². The Balaban J connectivity index is 1.40. The smallest absolute Gasteiger partial charge is 0.310 e. The lowest BCUT2D eigenvalue weighted by atomic mass is 9.89. The third-order valence-electron chi connectivity index (χ3n) is 5.65. The molecule has 0 bridgehead atoms. The van der Waals surface area contributed by atoms with Gasteiger partial charge in [0.2, 0.25) is 0 Å². The van der Waals surface area contributed by atoms with Gasteiger partial charge in [0.05, 0.1) is 4.92 Å². The van der Waals surface area contributed by atoms with E-state index in [1.165, 1.54) is 57.7 Å². The van der Waals surface area contributed by atoms with Crippen molar-refractivity contribution in [2.45, 2.75) is 38.5 Å². The van der Waals surface area contributed by atoms with E-state index in [9.17, 15) is 10.1 Å². The van der Waals surface area contributed by atoms with E-state index in [2.05, 4.69) is 9.80 Å². The van der Waals surface area contributed by atoms with E-state index in [4.69, 9.17) is 4.74 Å². The fraction of sp³-hybridized carbons (Fsp3) is 0.700. The van der Waals surface area contributed by atoms with Gasteiger partial charge in [0.25, 0.3) is 0 Å². The fourth-order valence-electron chi connectivity index (χ4n) is 4.18. The van der Waals surface area contributed by atoms with Gasteiger partial charge >= 0.3 is 5.69 Å². The first-order valence-corrected chi connectivity index (χ1v) is 10.0. The topological polar surface area (TPSA) is 58.9 Å². The van der Waals surface area contributed by atoms with E-state index in [1.54, 1.807) is 18.2 Å². The lowest BCUT2D eigenvalue weighted by Crippen LogP contribution is -2.35. The number of hydrogen-bond donors (Lipinski definition) is 0. The van der Waals surface area contributed by atoms with E-state index < -0.39 is 0 Å². The highest BCUT2D eigenvalue weighted by molar-refractivity contribution is 5.45. The van der Waals surface area contributed by atoms with Crippen LogP contribution in [0, 0.1) is 16.0 Å². The number of benzene rings is 1. The van der Waals surface area contributed by atoms with Crippen molar-refractivity contribution in [3.8, 4) is 5.75 Å². The maximum absolute atomic E-state index is 11.0. The molecular formula is C20H31N3O3. The summed E-state index contributed by atoms with van der Waals surface area (Å²) in [6, 6.07) is 6.61. The largest absolute Gasteiger partial charge is 0.485 e. The first-order valence-electron chi connectivity index (χ1n) is 10.0. The van der Waals surface area contributed by atoms with Crippen molar-refractivity contribution >= 4 is 5.69 Å². The zero-order valence-electron chi connectivity index (χ0n) is 15.6. The van der Waals surface area contributed by atoms with Crippen molar-refractivity contribution in [2.24, 2.45) is 5.92 Å². The average Bonchev–Trinajstić information content (AvgIpc) is 2.88. The van der Waals surface area contributed by atoms with Gasteiger partial charge in [0.1, 0.15) is 6.61 Å². The molecule has 1 saturated heterocycles. The SMILES string of the molecule is O=[N+]([O-])c1ccccc1OCCN1CCCN(CC2CCCCC2)CC1. The van der Waals surface area contributed by atoms with Crippen molar-refractivity contribution in [1.82, 2.24) is 9.80 Å². The van der Waals surface area contributed by atoms with Gasteiger partial charge < -0.3 is 9.64 Å². The summed E-state index contributed by atoms with van der Waals surface area (Å²) in [6.45, 7) is 7.05. The molecule has 26 heavy (non-hydrogen) atoms. The molecule has 1 aromatic carbocycles. The van der Waals surface area contributed by atoms with Gasteiger partial charge in [0, 0.05) is 32.2 Å². The summed E-state index contributed by atoms with van der Waals surface area (Å²) in [5, 5.41) is 11.0. The van der Waals surface area contributed by atoms with Crippen molar-refractivity contribution in [1.29, 1.82) is 0 Å². The Kier molecular flexibility index (Phi) is 7.26. The third-order valence-corrected chi connectivity index (χ3v) is 5.65. The molecule has 0 aromatic heterocycles. The van der Waals surface area contributed by atoms with Crippen LogP contribution in [0.15, 0.2) is 24.3 Å². The van der Waals surface area contributed by atoms with Gasteiger partial charge in [-0.2, -0.15) is 0 Å². The highest BCUT2D eigenvalue weighted by Crippen LogP contribution is 2.26. The van der Waals surface area contributed by atoms with Crippen molar-refractivity contribution in [2.75, 3.05) is 45.9 Å². The van der Waals surface area contributed by atoms with Crippen LogP contribution in [0.1, 0.15) is 38.5 Å². The van der Waals surface area contributed by atoms with E-state index >= 15 is 0 Å². The number of nitro groups is 1. The number of nitrogens with zero attached hydrogens (tertiary/aromatic N) is 3. The summed E-state index contributed by atoms with van der Waals surface area (Å²) in [4.78, 5) is 15.7. The molecule has 6 heteroatoms. The highest BCUT2D eigenvalue weighted by atomic mass is 16.6. The molecule has 144 valence electrons. The zero-order chi connectivity index (χ0) is 18.2. The lowest BCUT2D eigenvalue weighted by Gasteiger charge is -2.28. The van der Waals surface area contributed by atoms with Gasteiger partial charge in [0.15, 0.2) is 5.75 Å². The molecule has 1 saturated carbocycles. The minimum Gasteiger partial charge on any atom is -0.485 e. The molecule has 3 rings (SSSR count). The molecule has 1 heterocycles. The minimum absolute atomic E-state index is 0.0435. The fourth-order valence-corrected chi connectivity index (χ4v) is 4.18. The summed E-state index contributed by atoms with van der Waals surface area (Å²) in [5.41, 5.74) is 0.0435. The summed E-state index contributed by atoms with van der Waals surface area (Å²) >= 11 is 0. The Hall–Kier alpha value is -1.66. The Morgan fingerprint density at radius 1 is 1.00 bits per heavy atom. The Labute approximate surface area is 156 Å². The molecule has 6 nitrogen and oxygen atoms in total. The first-order chi connectivity index (χ1) is 12.7. The first kappa shape index (κ1) is 19.1. The molecular weight excluding hydrogens is 330 g/mol. The van der Waals surface area contributed by atoms with Gasteiger partial charge in [-0.1, -0.05) is 31.4 Å². The Bertz CT molecular complexity index is 575. The monoisotopic (exact) mass is 361 g/mol. The molecule has 0 amide bonds. The van der Waals surface area contributed by atoms with Gasteiger partial charge in [-0.15, -0.1) is 0 Å². The molecule has 0 radical (unpaired) electrons. The third kappa shape index (κ3) is 5.68. The van der Waals surface area contributed by atoms with Crippen LogP contribution in [0.25, 0.3) is 0 Å². The number of para-hydroxylation sites is 2. The van der Waals surface area contributed by atoms with E-state index in [1.807, 2.05) is 0 Å². The van der Waals surface area contributed by atoms with Gasteiger partial charge in [-0.3, -0.25) is 15.0 Å². The number of nitro benzene ring substituents is 1. The quantitative estimate of drug-likeness (QED) is 0.549. The standard InChI is InChI=1S/C20H31N3O3/c24-23(25)19-9-4-5-10-20(19)26-16-15-21-11-6-12-22(14-13-21)17-18-7-2-1-3-8-18/h4-5,9-10,18H,1-3,6-8,11-17H2. The summed E-state index contributed by atoms with van der Waals surface area (Å²) < 4.78 is 5.69. The van der Waals surface area contributed by atoms with Crippen LogP contribution in [-0.2, 0) is 0 Å². The van der Waals surface area contributed by atoms with Crippen molar-refractivity contribution < 1.29 is 9.66 Å². The van der Waals surface area contributed by atoms with Crippen LogP contribution >= 0.6 is 0 Å². The van der Waals surface area contributed by atoms with Crippen molar-refractivity contribution in [3.63, 3.8) is 0 Å². The normalized spacial score (nSPS) is 20.6. The second-order valence-electron chi connectivity index (χ2n) is 7.57. The molecule has 1 aromatic rings. The number of rotatable bonds is 7. The van der Waals surface area contributed by atoms with Crippen LogP contribution < -0.4 is 4.74 Å². The molecule has 1 aliphatic heterocycles. The molecule has 1 aliphatic carbocycles. The molecule has 2 aliphatic rings. The Morgan fingerprint density at radius 3 is 2.54 bits per heavy atom. The van der Waals surface area contributed by atoms with E-state index in [0.717, 1.165) is 32.1 Å². The minimum atomic E-state index is -0.385. The van der Waals surface area contributed by atoms with Crippen molar-refractivity contribution in [3.05, 3.63) is 34.4 Å².